The molecular weight excluding hydrogens is 248 g/mol. The third-order valence-electron chi connectivity index (χ3n) is 4.90. The fourth-order valence-electron chi connectivity index (χ4n) is 3.47. The van der Waals surface area contributed by atoms with Gasteiger partial charge < -0.3 is 10.6 Å². The SMILES string of the molecule is NCC1CCCCCN1C(=O)C1(c2ccccc2)CC1. The van der Waals surface area contributed by atoms with Gasteiger partial charge in [0.05, 0.1) is 5.41 Å². The molecule has 0 radical (unpaired) electrons. The minimum absolute atomic E-state index is 0.237. The van der Waals surface area contributed by atoms with Gasteiger partial charge >= 0.3 is 0 Å². The van der Waals surface area contributed by atoms with Crippen molar-refractivity contribution in [3.8, 4) is 0 Å². The number of amides is 1. The molecule has 1 aromatic carbocycles. The first-order valence-corrected chi connectivity index (χ1v) is 7.84. The monoisotopic (exact) mass is 272 g/mol. The van der Waals surface area contributed by atoms with Crippen LogP contribution in [0.5, 0.6) is 0 Å². The Morgan fingerprint density at radius 1 is 1.20 bits per heavy atom. The highest BCUT2D eigenvalue weighted by Crippen LogP contribution is 2.50. The van der Waals surface area contributed by atoms with Gasteiger partial charge in [-0.1, -0.05) is 43.2 Å². The zero-order valence-electron chi connectivity index (χ0n) is 12.1. The Kier molecular flexibility index (Phi) is 3.79. The molecule has 1 aromatic rings. The van der Waals surface area contributed by atoms with Gasteiger partial charge in [-0.2, -0.15) is 0 Å². The van der Waals surface area contributed by atoms with Crippen LogP contribution < -0.4 is 5.73 Å². The first-order valence-electron chi connectivity index (χ1n) is 7.84. The summed E-state index contributed by atoms with van der Waals surface area (Å²) in [5, 5.41) is 0. The number of hydrogen-bond acceptors (Lipinski definition) is 2. The quantitative estimate of drug-likeness (QED) is 0.918. The lowest BCUT2D eigenvalue weighted by molar-refractivity contribution is -0.136. The summed E-state index contributed by atoms with van der Waals surface area (Å²) in [6.07, 6.45) is 6.58. The highest BCUT2D eigenvalue weighted by atomic mass is 16.2. The Morgan fingerprint density at radius 3 is 2.60 bits per heavy atom. The van der Waals surface area contributed by atoms with Crippen molar-refractivity contribution in [2.75, 3.05) is 13.1 Å². The molecule has 0 spiro atoms. The molecular formula is C17H24N2O. The van der Waals surface area contributed by atoms with Crippen molar-refractivity contribution in [1.29, 1.82) is 0 Å². The van der Waals surface area contributed by atoms with Crippen molar-refractivity contribution in [2.45, 2.75) is 50.0 Å². The molecule has 1 unspecified atom stereocenters. The highest BCUT2D eigenvalue weighted by Gasteiger charge is 2.53. The number of rotatable bonds is 3. The maximum Gasteiger partial charge on any atom is 0.233 e. The van der Waals surface area contributed by atoms with Gasteiger partial charge in [0.1, 0.15) is 0 Å². The number of carbonyl (C=O) groups excluding carboxylic acids is 1. The van der Waals surface area contributed by atoms with Crippen LogP contribution in [0.25, 0.3) is 0 Å². The lowest BCUT2D eigenvalue weighted by Crippen LogP contribution is -2.48. The number of likely N-dealkylation sites (tertiary alicyclic amines) is 1. The van der Waals surface area contributed by atoms with E-state index >= 15 is 0 Å². The van der Waals surface area contributed by atoms with Gasteiger partial charge in [0.25, 0.3) is 0 Å². The van der Waals surface area contributed by atoms with Crippen molar-refractivity contribution in [2.24, 2.45) is 5.73 Å². The topological polar surface area (TPSA) is 46.3 Å². The second kappa shape index (κ2) is 5.57. The van der Waals surface area contributed by atoms with E-state index in [-0.39, 0.29) is 11.5 Å². The zero-order valence-corrected chi connectivity index (χ0v) is 12.1. The van der Waals surface area contributed by atoms with Crippen molar-refractivity contribution in [1.82, 2.24) is 4.90 Å². The maximum atomic E-state index is 13.1. The van der Waals surface area contributed by atoms with E-state index in [9.17, 15) is 4.79 Å². The summed E-state index contributed by atoms with van der Waals surface area (Å²) in [6.45, 7) is 1.48. The van der Waals surface area contributed by atoms with Crippen LogP contribution in [0.4, 0.5) is 0 Å². The van der Waals surface area contributed by atoms with E-state index in [4.69, 9.17) is 5.73 Å². The Hall–Kier alpha value is -1.35. The smallest absolute Gasteiger partial charge is 0.233 e. The number of carbonyl (C=O) groups is 1. The zero-order chi connectivity index (χ0) is 14.0. The second-order valence-electron chi connectivity index (χ2n) is 6.19. The van der Waals surface area contributed by atoms with Crippen LogP contribution in [0, 0.1) is 0 Å². The largest absolute Gasteiger partial charge is 0.338 e. The molecule has 1 aliphatic heterocycles. The molecule has 1 heterocycles. The lowest BCUT2D eigenvalue weighted by Gasteiger charge is -2.33. The third-order valence-corrected chi connectivity index (χ3v) is 4.90. The number of hydrogen-bond donors (Lipinski definition) is 1. The Bertz CT molecular complexity index is 467. The number of nitrogens with zero attached hydrogens (tertiary/aromatic N) is 1. The molecule has 2 aliphatic rings. The molecule has 1 atom stereocenters. The summed E-state index contributed by atoms with van der Waals surface area (Å²) in [7, 11) is 0. The first kappa shape index (κ1) is 13.6. The van der Waals surface area contributed by atoms with E-state index in [0.717, 1.165) is 32.2 Å². The van der Waals surface area contributed by atoms with E-state index in [2.05, 4.69) is 17.0 Å². The van der Waals surface area contributed by atoms with Gasteiger partial charge in [-0.05, 0) is 31.2 Å². The molecule has 20 heavy (non-hydrogen) atoms. The molecule has 0 aromatic heterocycles. The molecule has 3 rings (SSSR count). The van der Waals surface area contributed by atoms with Crippen LogP contribution in [0.1, 0.15) is 44.1 Å². The third kappa shape index (κ3) is 2.35. The van der Waals surface area contributed by atoms with E-state index in [1.165, 1.54) is 18.4 Å². The van der Waals surface area contributed by atoms with E-state index in [1.807, 2.05) is 18.2 Å². The number of benzene rings is 1. The Balaban J connectivity index is 1.84. The summed E-state index contributed by atoms with van der Waals surface area (Å²) in [5.41, 5.74) is 6.86. The molecule has 108 valence electrons. The summed E-state index contributed by atoms with van der Waals surface area (Å²) >= 11 is 0. The van der Waals surface area contributed by atoms with E-state index in [1.54, 1.807) is 0 Å². The Labute approximate surface area is 121 Å². The van der Waals surface area contributed by atoms with Gasteiger partial charge in [0, 0.05) is 19.1 Å². The predicted octanol–water partition coefficient (Wildman–Crippen LogP) is 2.45. The van der Waals surface area contributed by atoms with Gasteiger partial charge in [0.15, 0.2) is 0 Å². The Morgan fingerprint density at radius 2 is 1.95 bits per heavy atom. The molecule has 3 nitrogen and oxygen atoms in total. The average molecular weight is 272 g/mol. The molecule has 2 N–H and O–H groups in total. The van der Waals surface area contributed by atoms with Crippen molar-refractivity contribution >= 4 is 5.91 Å². The van der Waals surface area contributed by atoms with Crippen LogP contribution in [-0.2, 0) is 10.2 Å². The van der Waals surface area contributed by atoms with Gasteiger partial charge in [-0.25, -0.2) is 0 Å². The van der Waals surface area contributed by atoms with E-state index in [0.29, 0.717) is 12.5 Å². The predicted molar refractivity (Wildman–Crippen MR) is 80.4 cm³/mol. The van der Waals surface area contributed by atoms with Crippen molar-refractivity contribution < 1.29 is 4.79 Å². The van der Waals surface area contributed by atoms with Gasteiger partial charge in [-0.15, -0.1) is 0 Å². The van der Waals surface area contributed by atoms with E-state index < -0.39 is 0 Å². The summed E-state index contributed by atoms with van der Waals surface area (Å²) in [4.78, 5) is 15.2. The minimum atomic E-state index is -0.237. The average Bonchev–Trinajstić information content (AvgIpc) is 3.32. The highest BCUT2D eigenvalue weighted by molar-refractivity contribution is 5.91. The molecule has 3 heteroatoms. The summed E-state index contributed by atoms with van der Waals surface area (Å²) < 4.78 is 0. The molecule has 1 aliphatic carbocycles. The van der Waals surface area contributed by atoms with Crippen LogP contribution in [0.2, 0.25) is 0 Å². The molecule has 2 fully saturated rings. The van der Waals surface area contributed by atoms with Crippen molar-refractivity contribution in [3.05, 3.63) is 35.9 Å². The summed E-state index contributed by atoms with van der Waals surface area (Å²) in [6, 6.07) is 10.5. The fraction of sp³-hybridized carbons (Fsp3) is 0.588. The molecule has 1 amide bonds. The van der Waals surface area contributed by atoms with Crippen LogP contribution in [0.15, 0.2) is 30.3 Å². The normalized spacial score (nSPS) is 25.1. The molecule has 0 bridgehead atoms. The maximum absolute atomic E-state index is 13.1. The second-order valence-corrected chi connectivity index (χ2v) is 6.19. The summed E-state index contributed by atoms with van der Waals surface area (Å²) in [5.74, 6) is 0.320. The van der Waals surface area contributed by atoms with Crippen molar-refractivity contribution in [3.63, 3.8) is 0 Å². The molecule has 1 saturated carbocycles. The van der Waals surface area contributed by atoms with Gasteiger partial charge in [-0.3, -0.25) is 4.79 Å². The minimum Gasteiger partial charge on any atom is -0.338 e. The fourth-order valence-corrected chi connectivity index (χ4v) is 3.47. The number of nitrogens with two attached hydrogens (primary N) is 1. The standard InChI is InChI=1S/C17H24N2O/c18-13-15-9-5-2-6-12-19(15)16(20)17(10-11-17)14-7-3-1-4-8-14/h1,3-4,7-8,15H,2,5-6,9-13,18H2. The van der Waals surface area contributed by atoms with Crippen LogP contribution >= 0.6 is 0 Å². The van der Waals surface area contributed by atoms with Crippen LogP contribution in [0.3, 0.4) is 0 Å². The first-order chi connectivity index (χ1) is 9.78. The van der Waals surface area contributed by atoms with Gasteiger partial charge in [0.2, 0.25) is 5.91 Å². The van der Waals surface area contributed by atoms with Crippen LogP contribution in [-0.4, -0.2) is 29.9 Å². The molecule has 1 saturated heterocycles. The lowest BCUT2D eigenvalue weighted by atomic mass is 9.93.